The standard InChI is InChI=1S/C25H30O8/c1-13(26)31-12-19(29)24(30)20(32-14(2)27)10-18-17-6-5-15-9-16(28)7-8-22(15,3)25(17)21(33-25)11-23(18,24)4/h7-9,17-18,20-21,30H,5-6,10-12H2,1-4H3/t17?,18?,20-,21?,22+,23+,24-,25-/m1/s1. The summed E-state index contributed by atoms with van der Waals surface area (Å²) in [6, 6.07) is 0. The first-order valence-corrected chi connectivity index (χ1v) is 11.6. The number of carbonyl (C=O) groups is 4. The molecule has 5 aliphatic rings. The molecule has 8 heteroatoms. The van der Waals surface area contributed by atoms with Crippen LogP contribution in [0.4, 0.5) is 0 Å². The number of fused-ring (bicyclic) bond motifs is 3. The molecule has 5 rings (SSSR count). The summed E-state index contributed by atoms with van der Waals surface area (Å²) in [6.45, 7) is 5.84. The third-order valence-corrected chi connectivity index (χ3v) is 9.27. The maximum atomic E-state index is 13.3. The maximum absolute atomic E-state index is 13.3. The number of ether oxygens (including phenoxy) is 3. The van der Waals surface area contributed by atoms with Crippen molar-refractivity contribution in [3.8, 4) is 0 Å². The molecule has 1 spiro atoms. The molecule has 0 aromatic rings. The first-order chi connectivity index (χ1) is 15.4. The van der Waals surface area contributed by atoms with Crippen molar-refractivity contribution in [1.29, 1.82) is 0 Å². The summed E-state index contributed by atoms with van der Waals surface area (Å²) in [4.78, 5) is 48.6. The Labute approximate surface area is 192 Å². The fraction of sp³-hybridized carbons (Fsp3) is 0.680. The van der Waals surface area contributed by atoms with Gasteiger partial charge >= 0.3 is 11.9 Å². The molecule has 8 atom stereocenters. The summed E-state index contributed by atoms with van der Waals surface area (Å²) in [5.41, 5.74) is -2.80. The number of rotatable bonds is 4. The zero-order chi connectivity index (χ0) is 24.0. The molecule has 178 valence electrons. The van der Waals surface area contributed by atoms with Gasteiger partial charge in [-0.3, -0.25) is 19.2 Å². The summed E-state index contributed by atoms with van der Waals surface area (Å²) >= 11 is 0. The molecular weight excluding hydrogens is 428 g/mol. The smallest absolute Gasteiger partial charge is 0.303 e. The minimum Gasteiger partial charge on any atom is -0.459 e. The third-order valence-electron chi connectivity index (χ3n) is 9.27. The van der Waals surface area contributed by atoms with Gasteiger partial charge in [-0.05, 0) is 56.6 Å². The van der Waals surface area contributed by atoms with Crippen molar-refractivity contribution >= 4 is 23.5 Å². The summed E-state index contributed by atoms with van der Waals surface area (Å²) in [5, 5.41) is 11.9. The van der Waals surface area contributed by atoms with Gasteiger partial charge in [0.2, 0.25) is 5.78 Å². The fourth-order valence-electron chi connectivity index (χ4n) is 7.75. The number of epoxide rings is 1. The first-order valence-electron chi connectivity index (χ1n) is 11.6. The van der Waals surface area contributed by atoms with Crippen LogP contribution < -0.4 is 0 Å². The minimum atomic E-state index is -1.99. The Kier molecular flexibility index (Phi) is 4.67. The van der Waals surface area contributed by atoms with Crippen molar-refractivity contribution in [2.75, 3.05) is 6.61 Å². The fourth-order valence-corrected chi connectivity index (χ4v) is 7.75. The van der Waals surface area contributed by atoms with Crippen LogP contribution in [0.5, 0.6) is 0 Å². The van der Waals surface area contributed by atoms with Gasteiger partial charge in [-0.25, -0.2) is 0 Å². The average Bonchev–Trinajstić information content (AvgIpc) is 3.41. The lowest BCUT2D eigenvalue weighted by molar-refractivity contribution is -0.187. The van der Waals surface area contributed by atoms with Crippen LogP contribution in [0.1, 0.15) is 53.4 Å². The SMILES string of the molecule is CC(=O)OCC(=O)[C@@]1(O)[C@H](OC(C)=O)CC2C3CCC4=CC(=O)C=C[C@]4(C)[C@@]34OC4C[C@@]21C. The van der Waals surface area contributed by atoms with Crippen molar-refractivity contribution in [3.63, 3.8) is 0 Å². The number of hydrogen-bond donors (Lipinski definition) is 1. The predicted octanol–water partition coefficient (Wildman–Crippen LogP) is 1.83. The van der Waals surface area contributed by atoms with E-state index < -0.39 is 52.5 Å². The molecular formula is C25H30O8. The lowest BCUT2D eigenvalue weighted by atomic mass is 9.47. The van der Waals surface area contributed by atoms with Gasteiger partial charge in [0.25, 0.3) is 0 Å². The van der Waals surface area contributed by atoms with Gasteiger partial charge in [0.15, 0.2) is 18.0 Å². The molecule has 1 aliphatic heterocycles. The Hall–Kier alpha value is -2.32. The Bertz CT molecular complexity index is 1030. The van der Waals surface area contributed by atoms with E-state index in [-0.39, 0.29) is 23.7 Å². The van der Waals surface area contributed by atoms with Crippen LogP contribution in [0.15, 0.2) is 23.8 Å². The number of allylic oxidation sites excluding steroid dienone is 2. The Balaban J connectivity index is 1.55. The summed E-state index contributed by atoms with van der Waals surface area (Å²) < 4.78 is 16.9. The van der Waals surface area contributed by atoms with Crippen LogP contribution in [-0.2, 0) is 33.4 Å². The molecule has 4 fully saturated rings. The number of esters is 2. The molecule has 3 saturated carbocycles. The van der Waals surface area contributed by atoms with E-state index >= 15 is 0 Å². The molecule has 0 aromatic carbocycles. The van der Waals surface area contributed by atoms with Gasteiger partial charge in [-0.1, -0.05) is 18.6 Å². The number of hydrogen-bond acceptors (Lipinski definition) is 8. The van der Waals surface area contributed by atoms with Crippen LogP contribution in [0.25, 0.3) is 0 Å². The summed E-state index contributed by atoms with van der Waals surface area (Å²) in [6.07, 6.45) is 6.22. The Morgan fingerprint density at radius 1 is 1.18 bits per heavy atom. The van der Waals surface area contributed by atoms with Crippen molar-refractivity contribution in [2.45, 2.75) is 76.8 Å². The highest BCUT2D eigenvalue weighted by molar-refractivity contribution is 6.01. The second-order valence-electron chi connectivity index (χ2n) is 10.7. The van der Waals surface area contributed by atoms with E-state index in [4.69, 9.17) is 14.2 Å². The monoisotopic (exact) mass is 458 g/mol. The highest BCUT2D eigenvalue weighted by Crippen LogP contribution is 2.76. The van der Waals surface area contributed by atoms with Crippen LogP contribution in [0.3, 0.4) is 0 Å². The van der Waals surface area contributed by atoms with Gasteiger partial charge in [0.1, 0.15) is 11.7 Å². The predicted molar refractivity (Wildman–Crippen MR) is 114 cm³/mol. The van der Waals surface area contributed by atoms with Crippen molar-refractivity contribution < 1.29 is 38.5 Å². The van der Waals surface area contributed by atoms with E-state index in [0.717, 1.165) is 18.4 Å². The minimum absolute atomic E-state index is 0.00913. The van der Waals surface area contributed by atoms with E-state index in [1.807, 2.05) is 13.0 Å². The highest BCUT2D eigenvalue weighted by atomic mass is 16.6. The summed E-state index contributed by atoms with van der Waals surface area (Å²) in [7, 11) is 0. The molecule has 4 aliphatic carbocycles. The zero-order valence-corrected chi connectivity index (χ0v) is 19.4. The molecule has 8 nitrogen and oxygen atoms in total. The van der Waals surface area contributed by atoms with E-state index in [1.54, 1.807) is 12.2 Å². The third kappa shape index (κ3) is 2.71. The quantitative estimate of drug-likeness (QED) is 0.501. The van der Waals surface area contributed by atoms with Crippen LogP contribution >= 0.6 is 0 Å². The molecule has 0 amide bonds. The second kappa shape index (κ2) is 6.85. The van der Waals surface area contributed by atoms with Crippen LogP contribution in [-0.4, -0.2) is 58.6 Å². The number of carbonyl (C=O) groups excluding carboxylic acids is 4. The van der Waals surface area contributed by atoms with Gasteiger partial charge < -0.3 is 19.3 Å². The van der Waals surface area contributed by atoms with Crippen LogP contribution in [0, 0.1) is 22.7 Å². The molecule has 3 unspecified atom stereocenters. The van der Waals surface area contributed by atoms with Gasteiger partial charge in [0.05, 0.1) is 6.10 Å². The van der Waals surface area contributed by atoms with Crippen molar-refractivity contribution in [3.05, 3.63) is 23.8 Å². The largest absolute Gasteiger partial charge is 0.459 e. The average molecular weight is 459 g/mol. The van der Waals surface area contributed by atoms with E-state index in [2.05, 4.69) is 6.92 Å². The lowest BCUT2D eigenvalue weighted by Gasteiger charge is -2.55. The number of aliphatic hydroxyl groups is 1. The van der Waals surface area contributed by atoms with Gasteiger partial charge in [-0.2, -0.15) is 0 Å². The van der Waals surface area contributed by atoms with E-state index in [9.17, 15) is 24.3 Å². The lowest BCUT2D eigenvalue weighted by Crippen LogP contribution is -2.63. The molecule has 1 N–H and O–H groups in total. The topological polar surface area (TPSA) is 120 Å². The first kappa shape index (κ1) is 22.5. The molecule has 1 heterocycles. The second-order valence-corrected chi connectivity index (χ2v) is 10.7. The van der Waals surface area contributed by atoms with Crippen LogP contribution in [0.2, 0.25) is 0 Å². The van der Waals surface area contributed by atoms with E-state index in [0.29, 0.717) is 12.8 Å². The Morgan fingerprint density at radius 2 is 1.91 bits per heavy atom. The number of ketones is 2. The van der Waals surface area contributed by atoms with Crippen molar-refractivity contribution in [1.82, 2.24) is 0 Å². The molecule has 0 radical (unpaired) electrons. The van der Waals surface area contributed by atoms with Gasteiger partial charge in [-0.15, -0.1) is 0 Å². The Morgan fingerprint density at radius 3 is 2.58 bits per heavy atom. The highest BCUT2D eigenvalue weighted by Gasteiger charge is 2.83. The molecule has 33 heavy (non-hydrogen) atoms. The van der Waals surface area contributed by atoms with E-state index in [1.165, 1.54) is 13.8 Å². The zero-order valence-electron chi connectivity index (χ0n) is 19.4. The normalized spacial score (nSPS) is 46.8. The van der Waals surface area contributed by atoms with Gasteiger partial charge in [0, 0.05) is 24.7 Å². The molecule has 1 saturated heterocycles. The molecule has 0 aromatic heterocycles. The summed E-state index contributed by atoms with van der Waals surface area (Å²) in [5.74, 6) is -2.02. The molecule has 0 bridgehead atoms. The maximum Gasteiger partial charge on any atom is 0.303 e. The number of Topliss-reactive ketones (excluding diaryl/α,β-unsaturated/α-hetero) is 1. The van der Waals surface area contributed by atoms with Crippen molar-refractivity contribution in [2.24, 2.45) is 22.7 Å².